The van der Waals surface area contributed by atoms with Gasteiger partial charge in [0.05, 0.1) is 13.7 Å². The number of carbonyl (C=O) groups is 2. The third-order valence-corrected chi connectivity index (χ3v) is 6.23. The van der Waals surface area contributed by atoms with E-state index in [1.165, 1.54) is 38.4 Å². The Labute approximate surface area is 204 Å². The smallest absolute Gasteiger partial charge is 0.335 e. The first-order valence-electron chi connectivity index (χ1n) is 12.6. The van der Waals surface area contributed by atoms with E-state index in [0.717, 1.165) is 25.0 Å². The number of aliphatic hydroxyl groups is 1. The van der Waals surface area contributed by atoms with E-state index >= 15 is 0 Å². The standard InChI is InChI=1S/C29H40O5/c1-3-4-5-7-13-23-14-12-16-25(22-23)34-21-11-10-15-24-19-20-27(30)26(24)17-8-6-9-18-28(31)29(32)33-2/h8-10,12,14-16,22,24,26,28,31H,3-5,7,11,13,17-21H2,1-2H3/b15-10+/t6?,24-,26+,28?/m0/s1. The van der Waals surface area contributed by atoms with Gasteiger partial charge < -0.3 is 14.6 Å². The summed E-state index contributed by atoms with van der Waals surface area (Å²) in [6, 6.07) is 8.38. The molecule has 0 aliphatic heterocycles. The summed E-state index contributed by atoms with van der Waals surface area (Å²) in [5, 5.41) is 9.56. The van der Waals surface area contributed by atoms with Crippen LogP contribution in [-0.2, 0) is 20.7 Å². The quantitative estimate of drug-likeness (QED) is 0.153. The maximum absolute atomic E-state index is 12.3. The molecule has 1 N–H and O–H groups in total. The van der Waals surface area contributed by atoms with Gasteiger partial charge in [0.1, 0.15) is 11.5 Å². The highest BCUT2D eigenvalue weighted by Gasteiger charge is 2.31. The van der Waals surface area contributed by atoms with Crippen molar-refractivity contribution in [3.8, 4) is 5.75 Å². The lowest BCUT2D eigenvalue weighted by atomic mass is 9.91. The molecule has 5 heteroatoms. The van der Waals surface area contributed by atoms with Gasteiger partial charge in [0.25, 0.3) is 0 Å². The Hall–Kier alpha value is -2.62. The molecule has 1 aliphatic carbocycles. The van der Waals surface area contributed by atoms with Crippen LogP contribution in [0, 0.1) is 11.8 Å². The summed E-state index contributed by atoms with van der Waals surface area (Å²) in [4.78, 5) is 23.5. The molecule has 1 fully saturated rings. The molecule has 0 spiro atoms. The van der Waals surface area contributed by atoms with Crippen LogP contribution < -0.4 is 4.74 Å². The summed E-state index contributed by atoms with van der Waals surface area (Å²) in [5.74, 6) is 0.748. The van der Waals surface area contributed by atoms with Gasteiger partial charge in [-0.15, -0.1) is 5.73 Å². The molecular weight excluding hydrogens is 428 g/mol. The number of benzene rings is 1. The van der Waals surface area contributed by atoms with E-state index in [1.54, 1.807) is 6.08 Å². The van der Waals surface area contributed by atoms with Crippen molar-refractivity contribution in [1.29, 1.82) is 0 Å². The predicted molar refractivity (Wildman–Crippen MR) is 135 cm³/mol. The summed E-state index contributed by atoms with van der Waals surface area (Å²) in [5.41, 5.74) is 4.30. The molecule has 3 atom stereocenters. The molecule has 0 aromatic heterocycles. The van der Waals surface area contributed by atoms with Crippen LogP contribution in [0.2, 0.25) is 0 Å². The number of carbonyl (C=O) groups excluding carboxylic acids is 2. The number of ether oxygens (including phenoxy) is 2. The lowest BCUT2D eigenvalue weighted by Gasteiger charge is -2.12. The van der Waals surface area contributed by atoms with Crippen molar-refractivity contribution in [2.75, 3.05) is 13.7 Å². The molecule has 5 nitrogen and oxygen atoms in total. The fourth-order valence-electron chi connectivity index (χ4n) is 4.22. The fourth-order valence-corrected chi connectivity index (χ4v) is 4.22. The number of unbranched alkanes of at least 4 members (excludes halogenated alkanes) is 3. The zero-order valence-electron chi connectivity index (χ0n) is 20.7. The minimum absolute atomic E-state index is 0.0343. The highest BCUT2D eigenvalue weighted by atomic mass is 16.5. The molecule has 0 amide bonds. The minimum atomic E-state index is -1.18. The number of Topliss-reactive ketones (excluding diaryl/α,β-unsaturated/α-hetero) is 1. The molecule has 34 heavy (non-hydrogen) atoms. The SMILES string of the molecule is CCCCCCc1cccc(OCC/C=C/[C@H]2CCC(=O)[C@@H]2CC=C=CCC(O)C(=O)OC)c1. The van der Waals surface area contributed by atoms with Gasteiger partial charge >= 0.3 is 5.97 Å². The molecule has 1 aromatic rings. The van der Waals surface area contributed by atoms with Crippen molar-refractivity contribution in [3.63, 3.8) is 0 Å². The average molecular weight is 469 g/mol. The third-order valence-electron chi connectivity index (χ3n) is 6.23. The zero-order chi connectivity index (χ0) is 24.6. The monoisotopic (exact) mass is 468 g/mol. The first-order valence-corrected chi connectivity index (χ1v) is 12.6. The molecule has 0 bridgehead atoms. The van der Waals surface area contributed by atoms with Gasteiger partial charge in [0.2, 0.25) is 0 Å². The van der Waals surface area contributed by atoms with E-state index in [1.807, 2.05) is 12.1 Å². The van der Waals surface area contributed by atoms with Crippen molar-refractivity contribution in [2.45, 2.75) is 77.2 Å². The number of ketones is 1. The van der Waals surface area contributed by atoms with Gasteiger partial charge in [-0.05, 0) is 67.9 Å². The Morgan fingerprint density at radius 1 is 1.26 bits per heavy atom. The van der Waals surface area contributed by atoms with Crippen LogP contribution in [-0.4, -0.2) is 36.7 Å². The van der Waals surface area contributed by atoms with E-state index in [4.69, 9.17) is 4.74 Å². The molecule has 0 heterocycles. The van der Waals surface area contributed by atoms with Crippen molar-refractivity contribution in [2.24, 2.45) is 11.8 Å². The molecule has 0 saturated heterocycles. The Morgan fingerprint density at radius 3 is 2.91 bits per heavy atom. The van der Waals surface area contributed by atoms with E-state index in [2.05, 4.69) is 47.7 Å². The van der Waals surface area contributed by atoms with Gasteiger partial charge in [-0.3, -0.25) is 4.79 Å². The number of methoxy groups -OCH3 is 1. The number of rotatable bonds is 15. The predicted octanol–water partition coefficient (Wildman–Crippen LogP) is 5.76. The molecule has 1 aliphatic rings. The topological polar surface area (TPSA) is 72.8 Å². The van der Waals surface area contributed by atoms with Crippen molar-refractivity contribution < 1.29 is 24.2 Å². The second kappa shape index (κ2) is 16.1. The number of hydrogen-bond acceptors (Lipinski definition) is 5. The first-order chi connectivity index (χ1) is 16.5. The molecular formula is C29H40O5. The fraction of sp³-hybridized carbons (Fsp3) is 0.552. The van der Waals surface area contributed by atoms with Crippen molar-refractivity contribution >= 4 is 11.8 Å². The maximum Gasteiger partial charge on any atom is 0.335 e. The van der Waals surface area contributed by atoms with E-state index in [-0.39, 0.29) is 24.0 Å². The Kier molecular flexibility index (Phi) is 13.1. The number of esters is 1. The second-order valence-corrected chi connectivity index (χ2v) is 8.88. The molecule has 1 aromatic carbocycles. The lowest BCUT2D eigenvalue weighted by molar-refractivity contribution is -0.150. The number of aliphatic hydroxyl groups excluding tert-OH is 1. The van der Waals surface area contributed by atoms with Crippen LogP contribution in [0.5, 0.6) is 5.75 Å². The maximum atomic E-state index is 12.3. The summed E-state index contributed by atoms with van der Waals surface area (Å²) in [6.07, 6.45) is 15.7. The molecule has 2 rings (SSSR count). The largest absolute Gasteiger partial charge is 0.493 e. The Morgan fingerprint density at radius 2 is 2.12 bits per heavy atom. The number of aryl methyl sites for hydroxylation is 1. The highest BCUT2D eigenvalue weighted by molar-refractivity contribution is 5.83. The van der Waals surface area contributed by atoms with Crippen LogP contribution in [0.25, 0.3) is 0 Å². The summed E-state index contributed by atoms with van der Waals surface area (Å²) in [7, 11) is 1.24. The van der Waals surface area contributed by atoms with Gasteiger partial charge in [0, 0.05) is 18.8 Å². The minimum Gasteiger partial charge on any atom is -0.493 e. The van der Waals surface area contributed by atoms with Crippen LogP contribution in [0.1, 0.15) is 70.3 Å². The van der Waals surface area contributed by atoms with Gasteiger partial charge in [0.15, 0.2) is 6.10 Å². The van der Waals surface area contributed by atoms with Gasteiger partial charge in [-0.1, -0.05) is 50.5 Å². The normalized spacial score (nSPS) is 18.5. The van der Waals surface area contributed by atoms with Crippen LogP contribution >= 0.6 is 0 Å². The van der Waals surface area contributed by atoms with Gasteiger partial charge in [-0.25, -0.2) is 4.79 Å². The van der Waals surface area contributed by atoms with E-state index in [0.29, 0.717) is 19.4 Å². The molecule has 1 unspecified atom stereocenters. The van der Waals surface area contributed by atoms with Crippen molar-refractivity contribution in [3.05, 3.63) is 59.9 Å². The zero-order valence-corrected chi connectivity index (χ0v) is 20.7. The van der Waals surface area contributed by atoms with Crippen LogP contribution in [0.15, 0.2) is 54.3 Å². The highest BCUT2D eigenvalue weighted by Crippen LogP contribution is 2.32. The van der Waals surface area contributed by atoms with Crippen LogP contribution in [0.4, 0.5) is 0 Å². The Balaban J connectivity index is 1.73. The average Bonchev–Trinajstić information content (AvgIpc) is 3.20. The summed E-state index contributed by atoms with van der Waals surface area (Å²) in [6.45, 7) is 2.85. The second-order valence-electron chi connectivity index (χ2n) is 8.88. The van der Waals surface area contributed by atoms with E-state index < -0.39 is 12.1 Å². The van der Waals surface area contributed by atoms with Crippen molar-refractivity contribution in [1.82, 2.24) is 0 Å². The Bertz CT molecular complexity index is 850. The van der Waals surface area contributed by atoms with E-state index in [9.17, 15) is 14.7 Å². The number of hydrogen-bond donors (Lipinski definition) is 1. The van der Waals surface area contributed by atoms with Crippen LogP contribution in [0.3, 0.4) is 0 Å². The third kappa shape index (κ3) is 10.1. The summed E-state index contributed by atoms with van der Waals surface area (Å²) < 4.78 is 10.4. The molecule has 1 saturated carbocycles. The van der Waals surface area contributed by atoms with Gasteiger partial charge in [-0.2, -0.15) is 0 Å². The number of allylic oxidation sites excluding steroid dienone is 1. The molecule has 186 valence electrons. The lowest BCUT2D eigenvalue weighted by Crippen LogP contribution is -2.20. The first kappa shape index (κ1) is 27.6. The molecule has 0 radical (unpaired) electrons. The summed E-state index contributed by atoms with van der Waals surface area (Å²) >= 11 is 0.